The molecule has 3 rings (SSSR count). The maximum atomic E-state index is 12.5. The Kier molecular flexibility index (Phi) is 7.00. The highest BCUT2D eigenvalue weighted by Crippen LogP contribution is 2.27. The molecule has 150 valence electrons. The van der Waals surface area contributed by atoms with Gasteiger partial charge in [-0.15, -0.1) is 0 Å². The minimum absolute atomic E-state index is 0.141. The van der Waals surface area contributed by atoms with Crippen LogP contribution in [0, 0.1) is 0 Å². The molecule has 0 saturated carbocycles. The van der Waals surface area contributed by atoms with E-state index < -0.39 is 0 Å². The minimum atomic E-state index is -0.141. The zero-order valence-electron chi connectivity index (χ0n) is 16.5. The number of pyridine rings is 2. The number of nitrogens with zero attached hydrogens (tertiary/aromatic N) is 2. The first-order valence-electron chi connectivity index (χ1n) is 9.27. The second kappa shape index (κ2) is 10.1. The summed E-state index contributed by atoms with van der Waals surface area (Å²) in [6, 6.07) is 13.0. The predicted octanol–water partition coefficient (Wildman–Crippen LogP) is 3.08. The van der Waals surface area contributed by atoms with Gasteiger partial charge in [0.05, 0.1) is 14.2 Å². The maximum Gasteiger partial charge on any atom is 0.251 e. The van der Waals surface area contributed by atoms with Crippen molar-refractivity contribution in [2.75, 3.05) is 26.1 Å². The van der Waals surface area contributed by atoms with Crippen LogP contribution in [0.3, 0.4) is 0 Å². The van der Waals surface area contributed by atoms with Crippen LogP contribution in [0.1, 0.15) is 21.5 Å². The second-order valence-electron chi connectivity index (χ2n) is 6.34. The summed E-state index contributed by atoms with van der Waals surface area (Å²) in [5.74, 6) is 1.86. The molecule has 0 spiro atoms. The van der Waals surface area contributed by atoms with Gasteiger partial charge in [0.15, 0.2) is 11.5 Å². The number of ether oxygens (including phenoxy) is 2. The number of anilines is 1. The number of hydrogen-bond donors (Lipinski definition) is 2. The number of carbonyl (C=O) groups excluding carboxylic acids is 1. The quantitative estimate of drug-likeness (QED) is 0.582. The van der Waals surface area contributed by atoms with Gasteiger partial charge in [-0.1, -0.05) is 12.1 Å². The molecule has 0 aliphatic rings. The number of carbonyl (C=O) groups is 1. The molecule has 29 heavy (non-hydrogen) atoms. The summed E-state index contributed by atoms with van der Waals surface area (Å²) >= 11 is 0. The number of amides is 1. The van der Waals surface area contributed by atoms with Gasteiger partial charge in [0, 0.05) is 37.2 Å². The van der Waals surface area contributed by atoms with E-state index in [1.807, 2.05) is 30.3 Å². The van der Waals surface area contributed by atoms with Crippen LogP contribution in [0.4, 0.5) is 5.82 Å². The van der Waals surface area contributed by atoms with Crippen molar-refractivity contribution in [2.45, 2.75) is 13.0 Å². The van der Waals surface area contributed by atoms with Crippen molar-refractivity contribution in [3.63, 3.8) is 0 Å². The standard InChI is InChI=1S/C22H24N4O3/c1-28-19-6-5-16(12-20(19)29-2)7-10-25-22(27)18-8-11-24-21(13-18)26-15-17-4-3-9-23-14-17/h3-6,8-9,11-14H,7,10,15H2,1-2H3,(H,24,26)(H,25,27). The molecule has 7 nitrogen and oxygen atoms in total. The number of nitrogens with one attached hydrogen (secondary N) is 2. The van der Waals surface area contributed by atoms with E-state index >= 15 is 0 Å². The first kappa shape index (κ1) is 20.1. The van der Waals surface area contributed by atoms with Gasteiger partial charge >= 0.3 is 0 Å². The fourth-order valence-electron chi connectivity index (χ4n) is 2.82. The van der Waals surface area contributed by atoms with Gasteiger partial charge < -0.3 is 20.1 Å². The van der Waals surface area contributed by atoms with Crippen molar-refractivity contribution < 1.29 is 14.3 Å². The van der Waals surface area contributed by atoms with Crippen LogP contribution >= 0.6 is 0 Å². The van der Waals surface area contributed by atoms with Crippen LogP contribution in [0.2, 0.25) is 0 Å². The Morgan fingerprint density at radius 1 is 1.00 bits per heavy atom. The molecule has 2 heterocycles. The lowest BCUT2D eigenvalue weighted by atomic mass is 10.1. The van der Waals surface area contributed by atoms with E-state index in [9.17, 15) is 4.79 Å². The number of benzene rings is 1. The molecule has 0 bridgehead atoms. The molecular formula is C22H24N4O3. The maximum absolute atomic E-state index is 12.5. The van der Waals surface area contributed by atoms with Crippen LogP contribution < -0.4 is 20.1 Å². The molecule has 0 saturated heterocycles. The number of hydrogen-bond acceptors (Lipinski definition) is 6. The molecule has 7 heteroatoms. The van der Waals surface area contributed by atoms with Crippen LogP contribution in [0.25, 0.3) is 0 Å². The monoisotopic (exact) mass is 392 g/mol. The van der Waals surface area contributed by atoms with Gasteiger partial charge in [0.1, 0.15) is 5.82 Å². The van der Waals surface area contributed by atoms with E-state index in [2.05, 4.69) is 20.6 Å². The van der Waals surface area contributed by atoms with E-state index in [1.54, 1.807) is 44.9 Å². The third-order valence-corrected chi connectivity index (χ3v) is 4.37. The highest BCUT2D eigenvalue weighted by molar-refractivity contribution is 5.94. The molecule has 0 atom stereocenters. The second-order valence-corrected chi connectivity index (χ2v) is 6.34. The van der Waals surface area contributed by atoms with Crippen LogP contribution in [-0.4, -0.2) is 36.6 Å². The molecule has 0 unspecified atom stereocenters. The summed E-state index contributed by atoms with van der Waals surface area (Å²) in [6.07, 6.45) is 5.82. The molecule has 1 aromatic carbocycles. The average molecular weight is 392 g/mol. The molecule has 0 aliphatic carbocycles. The van der Waals surface area contributed by atoms with Gasteiger partial charge in [-0.05, 0) is 47.9 Å². The lowest BCUT2D eigenvalue weighted by molar-refractivity contribution is 0.0954. The Morgan fingerprint density at radius 2 is 1.86 bits per heavy atom. The summed E-state index contributed by atoms with van der Waals surface area (Å²) in [4.78, 5) is 20.8. The summed E-state index contributed by atoms with van der Waals surface area (Å²) in [7, 11) is 3.21. The molecule has 2 N–H and O–H groups in total. The number of aromatic nitrogens is 2. The Bertz CT molecular complexity index is 948. The highest BCUT2D eigenvalue weighted by atomic mass is 16.5. The highest BCUT2D eigenvalue weighted by Gasteiger charge is 2.08. The topological polar surface area (TPSA) is 85.4 Å². The zero-order valence-corrected chi connectivity index (χ0v) is 16.5. The summed E-state index contributed by atoms with van der Waals surface area (Å²) in [5.41, 5.74) is 2.65. The van der Waals surface area contributed by atoms with Crippen LogP contribution in [-0.2, 0) is 13.0 Å². The summed E-state index contributed by atoms with van der Waals surface area (Å²) in [5, 5.41) is 6.14. The van der Waals surface area contributed by atoms with Crippen molar-refractivity contribution in [3.8, 4) is 11.5 Å². The number of rotatable bonds is 9. The van der Waals surface area contributed by atoms with Crippen molar-refractivity contribution in [2.24, 2.45) is 0 Å². The van der Waals surface area contributed by atoms with Crippen molar-refractivity contribution >= 4 is 11.7 Å². The van der Waals surface area contributed by atoms with E-state index in [0.717, 1.165) is 11.1 Å². The van der Waals surface area contributed by atoms with E-state index in [-0.39, 0.29) is 5.91 Å². The van der Waals surface area contributed by atoms with Gasteiger partial charge in [0.25, 0.3) is 5.91 Å². The Hall–Kier alpha value is -3.61. The molecule has 3 aromatic rings. The van der Waals surface area contributed by atoms with Gasteiger partial charge in [-0.3, -0.25) is 9.78 Å². The summed E-state index contributed by atoms with van der Waals surface area (Å²) in [6.45, 7) is 1.10. The lowest BCUT2D eigenvalue weighted by Gasteiger charge is -2.10. The van der Waals surface area contributed by atoms with Crippen molar-refractivity contribution in [3.05, 3.63) is 77.7 Å². The molecule has 0 aliphatic heterocycles. The van der Waals surface area contributed by atoms with Crippen molar-refractivity contribution in [1.82, 2.24) is 15.3 Å². The zero-order chi connectivity index (χ0) is 20.5. The fourth-order valence-corrected chi connectivity index (χ4v) is 2.82. The normalized spacial score (nSPS) is 10.3. The molecule has 0 radical (unpaired) electrons. The molecular weight excluding hydrogens is 368 g/mol. The average Bonchev–Trinajstić information content (AvgIpc) is 2.78. The summed E-state index contributed by atoms with van der Waals surface area (Å²) < 4.78 is 10.6. The van der Waals surface area contributed by atoms with Crippen LogP contribution in [0.15, 0.2) is 61.1 Å². The fraction of sp³-hybridized carbons (Fsp3) is 0.227. The number of methoxy groups -OCH3 is 2. The first-order valence-corrected chi connectivity index (χ1v) is 9.27. The van der Waals surface area contributed by atoms with E-state index in [0.29, 0.717) is 42.4 Å². The predicted molar refractivity (Wildman–Crippen MR) is 111 cm³/mol. The van der Waals surface area contributed by atoms with E-state index in [4.69, 9.17) is 9.47 Å². The van der Waals surface area contributed by atoms with Crippen LogP contribution in [0.5, 0.6) is 11.5 Å². The smallest absolute Gasteiger partial charge is 0.251 e. The van der Waals surface area contributed by atoms with Gasteiger partial charge in [0.2, 0.25) is 0 Å². The van der Waals surface area contributed by atoms with Gasteiger partial charge in [-0.2, -0.15) is 0 Å². The third kappa shape index (κ3) is 5.68. The largest absolute Gasteiger partial charge is 0.493 e. The molecule has 2 aromatic heterocycles. The first-order chi connectivity index (χ1) is 14.2. The van der Waals surface area contributed by atoms with Crippen molar-refractivity contribution in [1.29, 1.82) is 0 Å². The Morgan fingerprint density at radius 3 is 2.62 bits per heavy atom. The minimum Gasteiger partial charge on any atom is -0.493 e. The molecule has 1 amide bonds. The SMILES string of the molecule is COc1ccc(CCNC(=O)c2ccnc(NCc3cccnc3)c2)cc1OC. The Balaban J connectivity index is 1.53. The van der Waals surface area contributed by atoms with E-state index in [1.165, 1.54) is 0 Å². The lowest BCUT2D eigenvalue weighted by Crippen LogP contribution is -2.25. The molecule has 0 fully saturated rings. The third-order valence-electron chi connectivity index (χ3n) is 4.37. The van der Waals surface area contributed by atoms with Gasteiger partial charge in [-0.25, -0.2) is 4.98 Å². The Labute approximate surface area is 170 Å².